The molecule has 3 rings (SSSR count). The number of carboxylic acid groups (broad SMARTS) is 1. The Balaban J connectivity index is 1.52. The smallest absolute Gasteiger partial charge is 0.311 e. The first kappa shape index (κ1) is 16.5. The summed E-state index contributed by atoms with van der Waals surface area (Å²) in [5.41, 5.74) is 0.451. The van der Waals surface area contributed by atoms with E-state index in [2.05, 4.69) is 30.3 Å². The molecule has 1 N–H and O–H groups in total. The van der Waals surface area contributed by atoms with E-state index in [1.165, 1.54) is 16.3 Å². The van der Waals surface area contributed by atoms with Gasteiger partial charge in [0.15, 0.2) is 0 Å². The van der Waals surface area contributed by atoms with Gasteiger partial charge in [-0.2, -0.15) is 0 Å². The fourth-order valence-electron chi connectivity index (χ4n) is 3.34. The average Bonchev–Trinajstić information content (AvgIpc) is 2.99. The molecule has 1 amide bonds. The zero-order valence-corrected chi connectivity index (χ0v) is 14.0. The molecular weight excluding hydrogens is 302 g/mol. The maximum absolute atomic E-state index is 12.3. The van der Waals surface area contributed by atoms with E-state index in [1.54, 1.807) is 11.8 Å². The second kappa shape index (κ2) is 6.63. The summed E-state index contributed by atoms with van der Waals surface area (Å²) in [6, 6.07) is 14.7. The topological polar surface area (TPSA) is 57.6 Å². The summed E-state index contributed by atoms with van der Waals surface area (Å²) in [5.74, 6) is -0.741. The molecule has 1 aliphatic heterocycles. The highest BCUT2D eigenvalue weighted by Gasteiger charge is 2.41. The van der Waals surface area contributed by atoms with E-state index >= 15 is 0 Å². The first-order valence-electron chi connectivity index (χ1n) is 8.47. The molecule has 1 saturated heterocycles. The predicted molar refractivity (Wildman–Crippen MR) is 93.8 cm³/mol. The Morgan fingerprint density at radius 1 is 1.17 bits per heavy atom. The maximum Gasteiger partial charge on any atom is 0.311 e. The van der Waals surface area contributed by atoms with Crippen molar-refractivity contribution in [2.75, 3.05) is 13.1 Å². The minimum Gasteiger partial charge on any atom is -0.481 e. The van der Waals surface area contributed by atoms with Gasteiger partial charge in [0.05, 0.1) is 5.41 Å². The van der Waals surface area contributed by atoms with Gasteiger partial charge in [0.1, 0.15) is 0 Å². The quantitative estimate of drug-likeness (QED) is 0.915. The van der Waals surface area contributed by atoms with Gasteiger partial charge in [0.2, 0.25) is 5.91 Å². The van der Waals surface area contributed by atoms with Gasteiger partial charge in [-0.3, -0.25) is 9.59 Å². The molecule has 1 fully saturated rings. The van der Waals surface area contributed by atoms with Crippen molar-refractivity contribution >= 4 is 22.6 Å². The lowest BCUT2D eigenvalue weighted by molar-refractivity contribution is -0.147. The van der Waals surface area contributed by atoms with Crippen molar-refractivity contribution < 1.29 is 14.7 Å². The van der Waals surface area contributed by atoms with Crippen LogP contribution in [0.15, 0.2) is 42.5 Å². The molecule has 24 heavy (non-hydrogen) atoms. The van der Waals surface area contributed by atoms with Crippen molar-refractivity contribution in [2.45, 2.75) is 32.6 Å². The van der Waals surface area contributed by atoms with E-state index < -0.39 is 11.4 Å². The number of aliphatic carboxylic acids is 1. The van der Waals surface area contributed by atoms with E-state index in [0.717, 1.165) is 12.8 Å². The van der Waals surface area contributed by atoms with Crippen LogP contribution in [-0.4, -0.2) is 35.0 Å². The number of carbonyl (C=O) groups is 2. The molecule has 0 aliphatic carbocycles. The molecule has 2 aromatic carbocycles. The Morgan fingerprint density at radius 2 is 1.92 bits per heavy atom. The van der Waals surface area contributed by atoms with E-state index in [4.69, 9.17) is 0 Å². The lowest BCUT2D eigenvalue weighted by Crippen LogP contribution is -2.34. The molecule has 1 aliphatic rings. The third-order valence-corrected chi connectivity index (χ3v) is 5.01. The lowest BCUT2D eigenvalue weighted by atomic mass is 9.90. The molecule has 1 atom stereocenters. The first-order valence-corrected chi connectivity index (χ1v) is 8.47. The van der Waals surface area contributed by atoms with Gasteiger partial charge in [0, 0.05) is 19.5 Å². The number of benzene rings is 2. The van der Waals surface area contributed by atoms with Gasteiger partial charge >= 0.3 is 5.97 Å². The van der Waals surface area contributed by atoms with Crippen LogP contribution in [0.1, 0.15) is 31.7 Å². The van der Waals surface area contributed by atoms with E-state index in [0.29, 0.717) is 25.9 Å². The van der Waals surface area contributed by atoms with Gasteiger partial charge in [-0.25, -0.2) is 0 Å². The fourth-order valence-corrected chi connectivity index (χ4v) is 3.34. The van der Waals surface area contributed by atoms with Crippen LogP contribution in [-0.2, 0) is 16.0 Å². The highest BCUT2D eigenvalue weighted by atomic mass is 16.4. The summed E-state index contributed by atoms with van der Waals surface area (Å²) < 4.78 is 0. The second-order valence-corrected chi connectivity index (χ2v) is 6.97. The highest BCUT2D eigenvalue weighted by molar-refractivity contribution is 5.83. The van der Waals surface area contributed by atoms with E-state index in [1.807, 2.05) is 12.1 Å². The summed E-state index contributed by atoms with van der Waals surface area (Å²) in [6.45, 7) is 2.60. The molecule has 0 spiro atoms. The van der Waals surface area contributed by atoms with Crippen molar-refractivity contribution in [3.05, 3.63) is 48.0 Å². The third kappa shape index (κ3) is 3.42. The zero-order chi connectivity index (χ0) is 17.2. The number of hydrogen-bond acceptors (Lipinski definition) is 2. The van der Waals surface area contributed by atoms with Gasteiger partial charge in [0.25, 0.3) is 0 Å². The zero-order valence-electron chi connectivity index (χ0n) is 14.0. The SMILES string of the molecule is CC1(C(=O)O)CCN(C(=O)CCCc2ccc3ccccc3c2)C1. The number of hydrogen-bond donors (Lipinski definition) is 1. The van der Waals surface area contributed by atoms with Crippen molar-refractivity contribution in [3.8, 4) is 0 Å². The second-order valence-electron chi connectivity index (χ2n) is 6.97. The van der Waals surface area contributed by atoms with Gasteiger partial charge < -0.3 is 10.0 Å². The summed E-state index contributed by atoms with van der Waals surface area (Å²) in [4.78, 5) is 25.3. The highest BCUT2D eigenvalue weighted by Crippen LogP contribution is 2.30. The van der Waals surface area contributed by atoms with Crippen LogP contribution in [0.25, 0.3) is 10.8 Å². The van der Waals surface area contributed by atoms with Crippen molar-refractivity contribution in [3.63, 3.8) is 0 Å². The Labute approximate surface area is 142 Å². The molecule has 0 saturated carbocycles. The number of rotatable bonds is 5. The number of nitrogens with zero attached hydrogens (tertiary/aromatic N) is 1. The molecule has 4 heteroatoms. The molecule has 0 aromatic heterocycles. The molecule has 0 bridgehead atoms. The maximum atomic E-state index is 12.3. The number of carbonyl (C=O) groups excluding carboxylic acids is 1. The molecule has 4 nitrogen and oxygen atoms in total. The van der Waals surface area contributed by atoms with Crippen LogP contribution in [0.4, 0.5) is 0 Å². The summed E-state index contributed by atoms with van der Waals surface area (Å²) in [7, 11) is 0. The number of carboxylic acids is 1. The Bertz CT molecular complexity index is 770. The molecule has 1 heterocycles. The Morgan fingerprint density at radius 3 is 2.62 bits per heavy atom. The van der Waals surface area contributed by atoms with Crippen molar-refractivity contribution in [2.24, 2.45) is 5.41 Å². The number of amides is 1. The molecule has 126 valence electrons. The average molecular weight is 325 g/mol. The number of likely N-dealkylation sites (tertiary alicyclic amines) is 1. The van der Waals surface area contributed by atoms with Crippen LogP contribution < -0.4 is 0 Å². The van der Waals surface area contributed by atoms with Crippen LogP contribution in [0.3, 0.4) is 0 Å². The fraction of sp³-hybridized carbons (Fsp3) is 0.400. The molecular formula is C20H23NO3. The third-order valence-electron chi connectivity index (χ3n) is 5.01. The molecule has 0 radical (unpaired) electrons. The predicted octanol–water partition coefficient (Wildman–Crippen LogP) is 3.49. The minimum atomic E-state index is -0.811. The van der Waals surface area contributed by atoms with Crippen LogP contribution in [0.5, 0.6) is 0 Å². The summed E-state index contributed by atoms with van der Waals surface area (Å²) in [5, 5.41) is 11.7. The van der Waals surface area contributed by atoms with Crippen LogP contribution >= 0.6 is 0 Å². The normalized spacial score (nSPS) is 20.5. The Kier molecular flexibility index (Phi) is 4.56. The van der Waals surface area contributed by atoms with Crippen molar-refractivity contribution in [1.82, 2.24) is 4.90 Å². The molecule has 2 aromatic rings. The Hall–Kier alpha value is -2.36. The molecule has 1 unspecified atom stereocenters. The number of fused-ring (bicyclic) bond motifs is 1. The summed E-state index contributed by atoms with van der Waals surface area (Å²) >= 11 is 0. The van der Waals surface area contributed by atoms with Gasteiger partial charge in [-0.1, -0.05) is 42.5 Å². The number of aryl methyl sites for hydroxylation is 1. The van der Waals surface area contributed by atoms with Gasteiger partial charge in [-0.05, 0) is 42.5 Å². The largest absolute Gasteiger partial charge is 0.481 e. The lowest BCUT2D eigenvalue weighted by Gasteiger charge is -2.20. The van der Waals surface area contributed by atoms with Crippen LogP contribution in [0.2, 0.25) is 0 Å². The first-order chi connectivity index (χ1) is 11.5. The standard InChI is InChI=1S/C20H23NO3/c1-20(19(23)24)11-12-21(14-20)18(22)8-4-5-15-9-10-16-6-2-3-7-17(16)13-15/h2-3,6-7,9-10,13H,4-5,8,11-12,14H2,1H3,(H,23,24). The van der Waals surface area contributed by atoms with Crippen LogP contribution in [0, 0.1) is 5.41 Å². The minimum absolute atomic E-state index is 0.0702. The van der Waals surface area contributed by atoms with Gasteiger partial charge in [-0.15, -0.1) is 0 Å². The van der Waals surface area contributed by atoms with Crippen molar-refractivity contribution in [1.29, 1.82) is 0 Å². The monoisotopic (exact) mass is 325 g/mol. The van der Waals surface area contributed by atoms with E-state index in [9.17, 15) is 14.7 Å². The summed E-state index contributed by atoms with van der Waals surface area (Å²) in [6.07, 6.45) is 2.67. The van der Waals surface area contributed by atoms with E-state index in [-0.39, 0.29) is 5.91 Å².